The van der Waals surface area contributed by atoms with Crippen molar-refractivity contribution in [3.63, 3.8) is 0 Å². The van der Waals surface area contributed by atoms with Crippen molar-refractivity contribution in [3.05, 3.63) is 41.6 Å². The third-order valence-corrected chi connectivity index (χ3v) is 2.51. The highest BCUT2D eigenvalue weighted by molar-refractivity contribution is 7.80. The van der Waals surface area contributed by atoms with Crippen LogP contribution in [0.25, 0.3) is 17.0 Å². The lowest BCUT2D eigenvalue weighted by Crippen LogP contribution is -1.80. The number of thiol groups is 1. The van der Waals surface area contributed by atoms with Gasteiger partial charge in [-0.3, -0.25) is 4.79 Å². The first-order chi connectivity index (χ1) is 7.36. The quantitative estimate of drug-likeness (QED) is 0.601. The van der Waals surface area contributed by atoms with Gasteiger partial charge in [0.25, 0.3) is 0 Å². The Kier molecular flexibility index (Phi) is 2.92. The zero-order valence-electron chi connectivity index (χ0n) is 8.10. The number of benzene rings is 1. The predicted octanol–water partition coefficient (Wildman–Crippen LogP) is 2.92. The normalized spacial score (nSPS) is 11.3. The molecule has 1 N–H and O–H groups in total. The van der Waals surface area contributed by atoms with Crippen LogP contribution in [0, 0.1) is 0 Å². The van der Waals surface area contributed by atoms with Crippen molar-refractivity contribution < 1.29 is 4.79 Å². The Morgan fingerprint density at radius 2 is 2.20 bits per heavy atom. The molecule has 15 heavy (non-hydrogen) atoms. The van der Waals surface area contributed by atoms with Crippen LogP contribution >= 0.6 is 12.6 Å². The molecule has 1 heterocycles. The highest BCUT2D eigenvalue weighted by Crippen LogP contribution is 2.22. The Hall–Kier alpha value is -1.48. The molecule has 2 aromatic rings. The second-order valence-electron chi connectivity index (χ2n) is 3.22. The van der Waals surface area contributed by atoms with Crippen molar-refractivity contribution in [1.82, 2.24) is 4.98 Å². The summed E-state index contributed by atoms with van der Waals surface area (Å²) in [6.07, 6.45) is 6.54. The molecule has 2 rings (SSSR count). The third kappa shape index (κ3) is 1.83. The number of aromatic nitrogens is 1. The van der Waals surface area contributed by atoms with E-state index in [1.54, 1.807) is 6.20 Å². The van der Waals surface area contributed by atoms with Gasteiger partial charge in [-0.2, -0.15) is 12.6 Å². The summed E-state index contributed by atoms with van der Waals surface area (Å²) in [5.41, 5.74) is 2.73. The number of carbonyl (C=O) groups excluding carboxylic acids is 1. The van der Waals surface area contributed by atoms with Gasteiger partial charge in [0.1, 0.15) is 0 Å². The van der Waals surface area contributed by atoms with Gasteiger partial charge < -0.3 is 4.98 Å². The summed E-state index contributed by atoms with van der Waals surface area (Å²) in [5, 5.41) is 0.977. The third-order valence-electron chi connectivity index (χ3n) is 2.30. The minimum atomic E-state index is 0.692. The van der Waals surface area contributed by atoms with Crippen LogP contribution in [0.1, 0.15) is 15.9 Å². The van der Waals surface area contributed by atoms with Crippen molar-refractivity contribution >= 4 is 35.9 Å². The van der Waals surface area contributed by atoms with E-state index in [0.717, 1.165) is 22.8 Å². The lowest BCUT2D eigenvalue weighted by atomic mass is 10.1. The van der Waals surface area contributed by atoms with Gasteiger partial charge >= 0.3 is 0 Å². The summed E-state index contributed by atoms with van der Waals surface area (Å²) < 4.78 is 0. The summed E-state index contributed by atoms with van der Waals surface area (Å²) in [6, 6.07) is 5.91. The zero-order valence-corrected chi connectivity index (χ0v) is 9.00. The summed E-state index contributed by atoms with van der Waals surface area (Å²) in [5.74, 6) is 0.692. The molecule has 0 amide bonds. The van der Waals surface area contributed by atoms with Crippen molar-refractivity contribution in [2.24, 2.45) is 0 Å². The lowest BCUT2D eigenvalue weighted by molar-refractivity contribution is 0.112. The fourth-order valence-corrected chi connectivity index (χ4v) is 1.76. The molecule has 0 aliphatic rings. The lowest BCUT2D eigenvalue weighted by Gasteiger charge is -1.97. The molecule has 0 aliphatic carbocycles. The van der Waals surface area contributed by atoms with Gasteiger partial charge in [-0.25, -0.2) is 0 Å². The van der Waals surface area contributed by atoms with E-state index in [4.69, 9.17) is 0 Å². The molecule has 0 saturated carbocycles. The second kappa shape index (κ2) is 4.36. The smallest absolute Gasteiger partial charge is 0.152 e. The first kappa shape index (κ1) is 10.1. The Balaban J connectivity index is 2.66. The van der Waals surface area contributed by atoms with E-state index in [-0.39, 0.29) is 0 Å². The van der Waals surface area contributed by atoms with E-state index in [1.165, 1.54) is 0 Å². The van der Waals surface area contributed by atoms with Gasteiger partial charge in [0, 0.05) is 28.4 Å². The largest absolute Gasteiger partial charge is 0.360 e. The van der Waals surface area contributed by atoms with Gasteiger partial charge in [-0.1, -0.05) is 24.3 Å². The molecule has 0 fully saturated rings. The van der Waals surface area contributed by atoms with E-state index in [0.29, 0.717) is 11.3 Å². The van der Waals surface area contributed by atoms with E-state index in [9.17, 15) is 4.79 Å². The number of hydrogen-bond donors (Lipinski definition) is 2. The van der Waals surface area contributed by atoms with Gasteiger partial charge in [-0.15, -0.1) is 0 Å². The van der Waals surface area contributed by atoms with E-state index >= 15 is 0 Å². The van der Waals surface area contributed by atoms with Crippen LogP contribution < -0.4 is 0 Å². The molecule has 0 bridgehead atoms. The Morgan fingerprint density at radius 3 is 2.93 bits per heavy atom. The zero-order chi connectivity index (χ0) is 10.7. The molecule has 0 spiro atoms. The van der Waals surface area contributed by atoms with Crippen LogP contribution in [0.3, 0.4) is 0 Å². The SMILES string of the molecule is O=Cc1c[nH]c2cccc(C=CCS)c12. The number of hydrogen-bond acceptors (Lipinski definition) is 2. The number of nitrogens with one attached hydrogen (secondary N) is 1. The summed E-state index contributed by atoms with van der Waals surface area (Å²) in [4.78, 5) is 13.9. The summed E-state index contributed by atoms with van der Waals surface area (Å²) >= 11 is 4.11. The molecule has 0 atom stereocenters. The van der Waals surface area contributed by atoms with Crippen molar-refractivity contribution in [3.8, 4) is 0 Å². The van der Waals surface area contributed by atoms with Crippen molar-refractivity contribution in [2.45, 2.75) is 0 Å². The van der Waals surface area contributed by atoms with Gasteiger partial charge in [-0.05, 0) is 11.6 Å². The fourth-order valence-electron chi connectivity index (χ4n) is 1.65. The average Bonchev–Trinajstić information content (AvgIpc) is 2.69. The maximum Gasteiger partial charge on any atom is 0.152 e. The van der Waals surface area contributed by atoms with Crippen LogP contribution in [0.15, 0.2) is 30.5 Å². The number of carbonyl (C=O) groups is 1. The molecule has 1 aromatic heterocycles. The van der Waals surface area contributed by atoms with Gasteiger partial charge in [0.15, 0.2) is 6.29 Å². The Bertz CT molecular complexity index is 513. The number of aromatic amines is 1. The topological polar surface area (TPSA) is 32.9 Å². The first-order valence-electron chi connectivity index (χ1n) is 4.69. The first-order valence-corrected chi connectivity index (χ1v) is 5.32. The number of aldehydes is 1. The highest BCUT2D eigenvalue weighted by Gasteiger charge is 2.04. The molecule has 0 aliphatic heterocycles. The molecular formula is C12H11NOS. The van der Waals surface area contributed by atoms with Gasteiger partial charge in [0.2, 0.25) is 0 Å². The van der Waals surface area contributed by atoms with Crippen molar-refractivity contribution in [1.29, 1.82) is 0 Å². The van der Waals surface area contributed by atoms with Crippen LogP contribution in [0.2, 0.25) is 0 Å². The molecule has 0 unspecified atom stereocenters. The number of H-pyrrole nitrogens is 1. The maximum absolute atomic E-state index is 10.8. The van der Waals surface area contributed by atoms with Gasteiger partial charge in [0.05, 0.1) is 0 Å². The van der Waals surface area contributed by atoms with Crippen molar-refractivity contribution in [2.75, 3.05) is 5.75 Å². The molecule has 3 heteroatoms. The minimum Gasteiger partial charge on any atom is -0.360 e. The molecule has 0 radical (unpaired) electrons. The molecule has 76 valence electrons. The highest BCUT2D eigenvalue weighted by atomic mass is 32.1. The minimum absolute atomic E-state index is 0.692. The standard InChI is InChI=1S/C12H11NOS/c14-8-10-7-13-11-5-1-3-9(12(10)11)4-2-6-15/h1-5,7-8,13,15H,6H2. The summed E-state index contributed by atoms with van der Waals surface area (Å²) in [6.45, 7) is 0. The van der Waals surface area contributed by atoms with Crippen LogP contribution in [0.5, 0.6) is 0 Å². The molecule has 1 aromatic carbocycles. The Labute approximate surface area is 93.4 Å². The Morgan fingerprint density at radius 1 is 1.33 bits per heavy atom. The fraction of sp³-hybridized carbons (Fsp3) is 0.0833. The van der Waals surface area contributed by atoms with E-state index in [1.807, 2.05) is 30.4 Å². The molecule has 2 nitrogen and oxygen atoms in total. The average molecular weight is 217 g/mol. The van der Waals surface area contributed by atoms with E-state index < -0.39 is 0 Å². The number of fused-ring (bicyclic) bond motifs is 1. The van der Waals surface area contributed by atoms with Crippen LogP contribution in [-0.4, -0.2) is 17.0 Å². The van der Waals surface area contributed by atoms with E-state index in [2.05, 4.69) is 17.6 Å². The molecule has 0 saturated heterocycles. The monoisotopic (exact) mass is 217 g/mol. The summed E-state index contributed by atoms with van der Waals surface area (Å²) in [7, 11) is 0. The maximum atomic E-state index is 10.8. The number of rotatable bonds is 3. The molecular weight excluding hydrogens is 206 g/mol. The van der Waals surface area contributed by atoms with Crippen LogP contribution in [0.4, 0.5) is 0 Å². The second-order valence-corrected chi connectivity index (χ2v) is 3.58. The predicted molar refractivity (Wildman–Crippen MR) is 66.6 cm³/mol. The van der Waals surface area contributed by atoms with Crippen LogP contribution in [-0.2, 0) is 0 Å².